The molecule has 0 amide bonds. The largest absolute Gasteiger partial charge is 0.345 e. The number of hydrogen-bond donors (Lipinski definition) is 3. The Balaban J connectivity index is 2.02. The third kappa shape index (κ3) is 3.98. The van der Waals surface area contributed by atoms with Crippen molar-refractivity contribution in [1.29, 1.82) is 0 Å². The van der Waals surface area contributed by atoms with Crippen molar-refractivity contribution in [3.63, 3.8) is 0 Å². The monoisotopic (exact) mass is 399 g/mol. The van der Waals surface area contributed by atoms with Gasteiger partial charge in [0.2, 0.25) is 10.0 Å². The third-order valence-corrected chi connectivity index (χ3v) is 6.65. The molecule has 4 N–H and O–H groups in total. The van der Waals surface area contributed by atoms with E-state index in [0.717, 1.165) is 18.2 Å². The van der Waals surface area contributed by atoms with Crippen molar-refractivity contribution in [3.05, 3.63) is 24.4 Å². The number of nitrogens with two attached hydrogens (primary N) is 1. The lowest BCUT2D eigenvalue weighted by Crippen LogP contribution is -2.55. The molecule has 1 aromatic heterocycles. The van der Waals surface area contributed by atoms with Crippen LogP contribution in [0.4, 0.5) is 15.3 Å². The Hall–Kier alpha value is -1.75. The molecule has 0 saturated carbocycles. The molecule has 0 aliphatic carbocycles. The minimum Gasteiger partial charge on any atom is -0.345 e. The number of benzene rings is 1. The highest BCUT2D eigenvalue weighted by molar-refractivity contribution is 7.89. The van der Waals surface area contributed by atoms with Crippen LogP contribution in [-0.2, 0) is 10.0 Å². The molecule has 26 heavy (non-hydrogen) atoms. The zero-order valence-electron chi connectivity index (χ0n) is 14.8. The fourth-order valence-corrected chi connectivity index (χ4v) is 5.37. The van der Waals surface area contributed by atoms with Crippen LogP contribution < -0.4 is 20.9 Å². The molecule has 10 heteroatoms. The van der Waals surface area contributed by atoms with Crippen molar-refractivity contribution in [1.82, 2.24) is 9.71 Å². The highest BCUT2D eigenvalue weighted by Crippen LogP contribution is 2.37. The van der Waals surface area contributed by atoms with Gasteiger partial charge in [-0.15, -0.1) is 4.48 Å². The van der Waals surface area contributed by atoms with Gasteiger partial charge < -0.3 is 10.6 Å². The van der Waals surface area contributed by atoms with Crippen molar-refractivity contribution < 1.29 is 12.9 Å². The number of nitrogens with one attached hydrogen (secondary N) is 2. The summed E-state index contributed by atoms with van der Waals surface area (Å²) in [6, 6.07) is 4.49. The summed E-state index contributed by atoms with van der Waals surface area (Å²) in [4.78, 5) is 7.11. The molecule has 3 rings (SSSR count). The van der Waals surface area contributed by atoms with Crippen LogP contribution in [-0.4, -0.2) is 38.1 Å². The first-order chi connectivity index (χ1) is 12.1. The number of nitrogens with zero attached hydrogens (tertiary/aromatic N) is 2. The Bertz CT molecular complexity index is 902. The van der Waals surface area contributed by atoms with Crippen molar-refractivity contribution in [2.45, 2.75) is 37.2 Å². The van der Waals surface area contributed by atoms with Gasteiger partial charge in [0.05, 0.1) is 15.5 Å². The first kappa shape index (κ1) is 19.0. The standard InChI is InChI=1S/C16H22FN5O2S2/c1-16(2,3)21-26(23,24)14-6-11(20-17)4-5-12(14)13-7-19-15(25-13)22-8-10(18)9-22/h4-7,10,20-21H,8-9,18H2,1-3H3. The summed E-state index contributed by atoms with van der Waals surface area (Å²) >= 11 is 1.39. The second-order valence-electron chi connectivity index (χ2n) is 7.33. The lowest BCUT2D eigenvalue weighted by atomic mass is 10.1. The lowest BCUT2D eigenvalue weighted by molar-refractivity contribution is 0.491. The van der Waals surface area contributed by atoms with Crippen molar-refractivity contribution in [2.75, 3.05) is 23.5 Å². The molecule has 0 bridgehead atoms. The summed E-state index contributed by atoms with van der Waals surface area (Å²) in [6.07, 6.45) is 1.64. The molecule has 2 aromatic rings. The predicted octanol–water partition coefficient (Wildman–Crippen LogP) is 2.33. The number of halogens is 1. The van der Waals surface area contributed by atoms with Crippen molar-refractivity contribution >= 4 is 32.2 Å². The molecule has 0 atom stereocenters. The summed E-state index contributed by atoms with van der Waals surface area (Å²) in [7, 11) is -3.85. The van der Waals surface area contributed by atoms with Crippen LogP contribution >= 0.6 is 11.3 Å². The average molecular weight is 400 g/mol. The number of thiazole rings is 1. The van der Waals surface area contributed by atoms with Crippen LogP contribution in [0.1, 0.15) is 20.8 Å². The summed E-state index contributed by atoms with van der Waals surface area (Å²) in [5.74, 6) is 0. The quantitative estimate of drug-likeness (QED) is 0.667. The number of hydrogen-bond acceptors (Lipinski definition) is 7. The SMILES string of the molecule is CC(C)(C)NS(=O)(=O)c1cc(NF)ccc1-c1cnc(N2CC(N)C2)s1. The fraction of sp³-hybridized carbons (Fsp3) is 0.438. The Morgan fingerprint density at radius 3 is 2.62 bits per heavy atom. The van der Waals surface area contributed by atoms with Gasteiger partial charge in [-0.25, -0.2) is 23.7 Å². The molecular weight excluding hydrogens is 377 g/mol. The number of anilines is 2. The normalized spacial score (nSPS) is 15.8. The number of aromatic nitrogens is 1. The van der Waals surface area contributed by atoms with Gasteiger partial charge in [-0.05, 0) is 39.0 Å². The molecule has 0 spiro atoms. The maximum atomic E-state index is 12.9. The van der Waals surface area contributed by atoms with Gasteiger partial charge in [0.15, 0.2) is 5.13 Å². The molecule has 0 radical (unpaired) electrons. The van der Waals surface area contributed by atoms with Gasteiger partial charge >= 0.3 is 0 Å². The highest BCUT2D eigenvalue weighted by Gasteiger charge is 2.28. The van der Waals surface area contributed by atoms with E-state index in [0.29, 0.717) is 10.4 Å². The van der Waals surface area contributed by atoms with E-state index in [9.17, 15) is 12.9 Å². The van der Waals surface area contributed by atoms with E-state index in [1.807, 2.05) is 4.90 Å². The molecule has 142 valence electrons. The Labute approximate surface area is 156 Å². The maximum Gasteiger partial charge on any atom is 0.241 e. The summed E-state index contributed by atoms with van der Waals surface area (Å²) in [5, 5.41) is 0.793. The summed E-state index contributed by atoms with van der Waals surface area (Å²) < 4.78 is 41.2. The first-order valence-corrected chi connectivity index (χ1v) is 10.4. The zero-order valence-corrected chi connectivity index (χ0v) is 16.4. The topological polar surface area (TPSA) is 100 Å². The van der Waals surface area contributed by atoms with Crippen LogP contribution in [0.25, 0.3) is 10.4 Å². The van der Waals surface area contributed by atoms with Crippen molar-refractivity contribution in [3.8, 4) is 10.4 Å². The predicted molar refractivity (Wildman–Crippen MR) is 103 cm³/mol. The van der Waals surface area contributed by atoms with Gasteiger partial charge in [0.25, 0.3) is 0 Å². The second-order valence-corrected chi connectivity index (χ2v) is 9.99. The molecule has 2 heterocycles. The molecule has 0 unspecified atom stereocenters. The van der Waals surface area contributed by atoms with Crippen LogP contribution in [0, 0.1) is 0 Å². The molecule has 1 aliphatic heterocycles. The molecule has 7 nitrogen and oxygen atoms in total. The second kappa shape index (κ2) is 6.76. The minimum absolute atomic E-state index is 0.00517. The van der Waals surface area contributed by atoms with Crippen LogP contribution in [0.15, 0.2) is 29.3 Å². The fourth-order valence-electron chi connectivity index (χ4n) is 2.67. The van der Waals surface area contributed by atoms with Crippen LogP contribution in [0.5, 0.6) is 0 Å². The van der Waals surface area contributed by atoms with E-state index < -0.39 is 15.6 Å². The smallest absolute Gasteiger partial charge is 0.241 e. The van der Waals surface area contributed by atoms with E-state index in [-0.39, 0.29) is 16.6 Å². The first-order valence-electron chi connectivity index (χ1n) is 8.10. The minimum atomic E-state index is -3.85. The molecule has 1 aliphatic rings. The lowest BCUT2D eigenvalue weighted by Gasteiger charge is -2.36. The van der Waals surface area contributed by atoms with Gasteiger partial charge in [0.1, 0.15) is 0 Å². The van der Waals surface area contributed by atoms with Crippen LogP contribution in [0.3, 0.4) is 0 Å². The van der Waals surface area contributed by atoms with Gasteiger partial charge in [0, 0.05) is 36.4 Å². The molecular formula is C16H22FN5O2S2. The maximum absolute atomic E-state index is 12.9. The highest BCUT2D eigenvalue weighted by atomic mass is 32.2. The van der Waals surface area contributed by atoms with Gasteiger partial charge in [-0.1, -0.05) is 11.3 Å². The van der Waals surface area contributed by atoms with Gasteiger partial charge in [-0.3, -0.25) is 0 Å². The van der Waals surface area contributed by atoms with E-state index in [1.54, 1.807) is 33.0 Å². The van der Waals surface area contributed by atoms with E-state index in [1.165, 1.54) is 29.0 Å². The zero-order chi connectivity index (χ0) is 19.1. The van der Waals surface area contributed by atoms with Gasteiger partial charge in [-0.2, -0.15) is 0 Å². The van der Waals surface area contributed by atoms with E-state index >= 15 is 0 Å². The molecule has 1 saturated heterocycles. The Morgan fingerprint density at radius 1 is 1.35 bits per heavy atom. The average Bonchev–Trinajstić information content (AvgIpc) is 2.98. The summed E-state index contributed by atoms with van der Waals surface area (Å²) in [5.41, 5.74) is 7.19. The number of rotatable bonds is 5. The van der Waals surface area contributed by atoms with E-state index in [4.69, 9.17) is 5.73 Å². The Kier molecular flexibility index (Phi) is 4.95. The Morgan fingerprint density at radius 2 is 2.04 bits per heavy atom. The van der Waals surface area contributed by atoms with Crippen molar-refractivity contribution in [2.24, 2.45) is 5.73 Å². The molecule has 1 aromatic carbocycles. The number of sulfonamides is 1. The third-order valence-electron chi connectivity index (χ3n) is 3.76. The molecule has 1 fully saturated rings. The summed E-state index contributed by atoms with van der Waals surface area (Å²) in [6.45, 7) is 6.71. The van der Waals surface area contributed by atoms with Crippen LogP contribution in [0.2, 0.25) is 0 Å². The van der Waals surface area contributed by atoms with E-state index in [2.05, 4.69) is 9.71 Å².